The Balaban J connectivity index is 1.97. The number of halogens is 1. The third-order valence-corrected chi connectivity index (χ3v) is 3.04. The van der Waals surface area contributed by atoms with Crippen LogP contribution in [0.2, 0.25) is 0 Å². The Hall–Kier alpha value is -1.49. The fraction of sp³-hybridized carbons (Fsp3) is 0.455. The van der Waals surface area contributed by atoms with Gasteiger partial charge in [-0.1, -0.05) is 12.2 Å². The molecule has 0 aromatic heterocycles. The van der Waals surface area contributed by atoms with Crippen LogP contribution in [0.3, 0.4) is 0 Å². The molecule has 6 heteroatoms. The zero-order valence-electron chi connectivity index (χ0n) is 9.21. The van der Waals surface area contributed by atoms with E-state index in [1.807, 2.05) is 0 Å². The van der Waals surface area contributed by atoms with Crippen molar-refractivity contribution in [2.45, 2.75) is 24.6 Å². The normalized spacial score (nSPS) is 31.1. The summed E-state index contributed by atoms with van der Waals surface area (Å²) in [5.74, 6) is 0.0520. The molecule has 0 aromatic rings. The quantitative estimate of drug-likeness (QED) is 0.344. The van der Waals surface area contributed by atoms with E-state index >= 15 is 0 Å². The van der Waals surface area contributed by atoms with Gasteiger partial charge in [0.05, 0.1) is 6.21 Å². The zero-order chi connectivity index (χ0) is 12.1. The van der Waals surface area contributed by atoms with Gasteiger partial charge in [-0.25, -0.2) is 5.43 Å². The number of nitrogens with zero attached hydrogens (tertiary/aromatic N) is 3. The summed E-state index contributed by atoms with van der Waals surface area (Å²) in [6.45, 7) is 0. The molecule has 90 valence electrons. The van der Waals surface area contributed by atoms with Crippen LogP contribution < -0.4 is 5.43 Å². The van der Waals surface area contributed by atoms with Crippen molar-refractivity contribution >= 4 is 35.6 Å². The smallest absolute Gasteiger partial charge is 0.264 e. The maximum absolute atomic E-state index is 11.2. The van der Waals surface area contributed by atoms with Crippen LogP contribution in [-0.4, -0.2) is 29.4 Å². The Morgan fingerprint density at radius 1 is 1.53 bits per heavy atom. The van der Waals surface area contributed by atoms with Gasteiger partial charge in [-0.15, -0.1) is 11.6 Å². The highest BCUT2D eigenvalue weighted by atomic mass is 35.5. The molecule has 1 aliphatic heterocycles. The average molecular weight is 253 g/mol. The maximum Gasteiger partial charge on any atom is 0.264 e. The van der Waals surface area contributed by atoms with Crippen molar-refractivity contribution in [2.24, 2.45) is 21.2 Å². The number of carbonyl (C=O) groups excluding carboxylic acids is 1. The van der Waals surface area contributed by atoms with Crippen LogP contribution >= 0.6 is 11.6 Å². The molecule has 0 bridgehead atoms. The molecule has 0 spiro atoms. The highest BCUT2D eigenvalue weighted by Gasteiger charge is 2.23. The third-order valence-electron chi connectivity index (χ3n) is 2.62. The van der Waals surface area contributed by atoms with Gasteiger partial charge in [-0.05, 0) is 25.2 Å². The SMILES string of the molecule is O=C1NN=C/C(=N\N=C/C2CC=CCC2)C1Cl. The van der Waals surface area contributed by atoms with Gasteiger partial charge in [0, 0.05) is 6.21 Å². The molecule has 1 heterocycles. The molecule has 1 amide bonds. The maximum atomic E-state index is 11.2. The highest BCUT2D eigenvalue weighted by Crippen LogP contribution is 2.15. The third kappa shape index (κ3) is 3.23. The minimum Gasteiger partial charge on any atom is -0.271 e. The molecule has 2 unspecified atom stereocenters. The van der Waals surface area contributed by atoms with E-state index in [0.29, 0.717) is 11.6 Å². The Kier molecular flexibility index (Phi) is 4.03. The number of alkyl halides is 1. The van der Waals surface area contributed by atoms with Crippen molar-refractivity contribution in [3.63, 3.8) is 0 Å². The minimum atomic E-state index is -0.809. The Bertz CT molecular complexity index is 414. The molecule has 1 aliphatic carbocycles. The lowest BCUT2D eigenvalue weighted by Gasteiger charge is -2.12. The monoisotopic (exact) mass is 252 g/mol. The van der Waals surface area contributed by atoms with E-state index in [1.165, 1.54) is 6.21 Å². The molecule has 0 radical (unpaired) electrons. The molecular weight excluding hydrogens is 240 g/mol. The standard InChI is InChI=1S/C11H13ClN4O/c12-10-9(7-14-16-11(10)17)15-13-6-8-4-2-1-3-5-8/h1-2,6-8,10H,3-5H2,(H,16,17)/b13-6-,15-9+. The minimum absolute atomic E-state index is 0.372. The van der Waals surface area contributed by atoms with E-state index in [4.69, 9.17) is 11.6 Å². The van der Waals surface area contributed by atoms with E-state index < -0.39 is 5.38 Å². The zero-order valence-corrected chi connectivity index (χ0v) is 9.97. The van der Waals surface area contributed by atoms with Gasteiger partial charge in [0.25, 0.3) is 5.91 Å². The van der Waals surface area contributed by atoms with Gasteiger partial charge in [0.15, 0.2) is 5.38 Å². The van der Waals surface area contributed by atoms with Crippen LogP contribution in [0.1, 0.15) is 19.3 Å². The van der Waals surface area contributed by atoms with Gasteiger partial charge in [0.1, 0.15) is 5.71 Å². The predicted molar refractivity (Wildman–Crippen MR) is 68.7 cm³/mol. The first kappa shape index (κ1) is 12.0. The predicted octanol–water partition coefficient (Wildman–Crippen LogP) is 1.49. The second-order valence-corrected chi connectivity index (χ2v) is 4.37. The van der Waals surface area contributed by atoms with Gasteiger partial charge >= 0.3 is 0 Å². The Morgan fingerprint density at radius 3 is 3.18 bits per heavy atom. The van der Waals surface area contributed by atoms with Gasteiger partial charge in [-0.2, -0.15) is 15.3 Å². The van der Waals surface area contributed by atoms with Crippen LogP contribution in [-0.2, 0) is 4.79 Å². The van der Waals surface area contributed by atoms with Crippen LogP contribution in [0.4, 0.5) is 0 Å². The molecule has 0 aromatic carbocycles. The summed E-state index contributed by atoms with van der Waals surface area (Å²) in [4.78, 5) is 11.2. The highest BCUT2D eigenvalue weighted by molar-refractivity contribution is 6.54. The fourth-order valence-corrected chi connectivity index (χ4v) is 1.79. The number of nitrogens with one attached hydrogen (secondary N) is 1. The first-order valence-corrected chi connectivity index (χ1v) is 5.94. The van der Waals surface area contributed by atoms with E-state index in [1.54, 1.807) is 6.21 Å². The lowest BCUT2D eigenvalue weighted by Crippen LogP contribution is -2.38. The van der Waals surface area contributed by atoms with Crippen LogP contribution in [0.15, 0.2) is 27.5 Å². The lowest BCUT2D eigenvalue weighted by atomic mass is 9.96. The van der Waals surface area contributed by atoms with Crippen molar-refractivity contribution in [3.8, 4) is 0 Å². The van der Waals surface area contributed by atoms with Crippen LogP contribution in [0.5, 0.6) is 0 Å². The second-order valence-electron chi connectivity index (χ2n) is 3.93. The van der Waals surface area contributed by atoms with Gasteiger partial charge in [0.2, 0.25) is 0 Å². The lowest BCUT2D eigenvalue weighted by molar-refractivity contribution is -0.119. The van der Waals surface area contributed by atoms with Gasteiger partial charge in [-0.3, -0.25) is 4.79 Å². The molecule has 17 heavy (non-hydrogen) atoms. The number of hydrazone groups is 1. The van der Waals surface area contributed by atoms with E-state index in [0.717, 1.165) is 19.3 Å². The fourth-order valence-electron chi connectivity index (χ4n) is 1.64. The van der Waals surface area contributed by atoms with Crippen molar-refractivity contribution in [1.82, 2.24) is 5.43 Å². The number of amides is 1. The summed E-state index contributed by atoms with van der Waals surface area (Å²) in [7, 11) is 0. The van der Waals surface area contributed by atoms with Crippen molar-refractivity contribution in [3.05, 3.63) is 12.2 Å². The molecule has 0 fully saturated rings. The largest absolute Gasteiger partial charge is 0.271 e. The number of hydrogen-bond acceptors (Lipinski definition) is 4. The van der Waals surface area contributed by atoms with Crippen molar-refractivity contribution < 1.29 is 4.79 Å². The van der Waals surface area contributed by atoms with Crippen LogP contribution in [0, 0.1) is 5.92 Å². The van der Waals surface area contributed by atoms with E-state index in [2.05, 4.69) is 32.9 Å². The van der Waals surface area contributed by atoms with E-state index in [9.17, 15) is 4.79 Å². The number of carbonyl (C=O) groups is 1. The Labute approximate surface area is 104 Å². The molecule has 2 atom stereocenters. The molecule has 1 N–H and O–H groups in total. The molecule has 5 nitrogen and oxygen atoms in total. The summed E-state index contributed by atoms with van der Waals surface area (Å²) in [5, 5.41) is 10.7. The molecule has 2 rings (SSSR count). The number of rotatable bonds is 2. The van der Waals surface area contributed by atoms with Crippen molar-refractivity contribution in [2.75, 3.05) is 0 Å². The topological polar surface area (TPSA) is 66.2 Å². The molecule has 0 saturated heterocycles. The molecule has 2 aliphatic rings. The first-order chi connectivity index (χ1) is 8.27. The summed E-state index contributed by atoms with van der Waals surface area (Å²) in [6, 6.07) is 0. The van der Waals surface area contributed by atoms with Gasteiger partial charge < -0.3 is 0 Å². The van der Waals surface area contributed by atoms with Crippen molar-refractivity contribution in [1.29, 1.82) is 0 Å². The van der Waals surface area contributed by atoms with Crippen LogP contribution in [0.25, 0.3) is 0 Å². The molecular formula is C11H13ClN4O. The second kappa shape index (κ2) is 5.72. The summed E-state index contributed by atoms with van der Waals surface area (Å²) >= 11 is 5.84. The Morgan fingerprint density at radius 2 is 2.41 bits per heavy atom. The molecule has 0 saturated carbocycles. The summed E-state index contributed by atoms with van der Waals surface area (Å²) < 4.78 is 0. The number of hydrogen-bond donors (Lipinski definition) is 1. The summed E-state index contributed by atoms with van der Waals surface area (Å²) in [6.07, 6.45) is 10.7. The first-order valence-electron chi connectivity index (χ1n) is 5.50. The summed E-state index contributed by atoms with van der Waals surface area (Å²) in [5.41, 5.74) is 2.63. The average Bonchev–Trinajstić information content (AvgIpc) is 2.36. The van der Waals surface area contributed by atoms with E-state index in [-0.39, 0.29) is 5.91 Å². The number of allylic oxidation sites excluding steroid dienone is 2.